The number of carbonyl (C=O) groups is 1. The molecule has 0 spiro atoms. The van der Waals surface area contributed by atoms with Crippen LogP contribution in [0.5, 0.6) is 0 Å². The average molecular weight is 560 g/mol. The van der Waals surface area contributed by atoms with Gasteiger partial charge in [-0.15, -0.1) is 0 Å². The summed E-state index contributed by atoms with van der Waals surface area (Å²) in [4.78, 5) is 18.8. The van der Waals surface area contributed by atoms with Crippen LogP contribution in [0.15, 0.2) is 48.7 Å². The highest BCUT2D eigenvalue weighted by atomic mass is 19.4. The Hall–Kier alpha value is -3.63. The summed E-state index contributed by atoms with van der Waals surface area (Å²) in [5.41, 5.74) is -0.125. The van der Waals surface area contributed by atoms with Crippen molar-refractivity contribution in [3.63, 3.8) is 0 Å². The van der Waals surface area contributed by atoms with Gasteiger partial charge in [0.05, 0.1) is 30.9 Å². The molecule has 2 aromatic carbocycles. The lowest BCUT2D eigenvalue weighted by Gasteiger charge is -2.43. The van der Waals surface area contributed by atoms with E-state index in [1.54, 1.807) is 17.2 Å². The van der Waals surface area contributed by atoms with Crippen molar-refractivity contribution in [3.8, 4) is 0 Å². The van der Waals surface area contributed by atoms with Crippen LogP contribution in [0.3, 0.4) is 0 Å². The van der Waals surface area contributed by atoms with Crippen LogP contribution < -0.4 is 9.80 Å². The molecule has 0 unspecified atom stereocenters. The molecule has 1 aliphatic carbocycles. The fraction of sp³-hybridized carbons (Fsp3) is 0.448. The summed E-state index contributed by atoms with van der Waals surface area (Å²) in [5, 5.41) is 4.47. The van der Waals surface area contributed by atoms with Crippen molar-refractivity contribution in [2.45, 2.75) is 70.1 Å². The predicted octanol–water partition coefficient (Wildman–Crippen LogP) is 6.46. The Kier molecular flexibility index (Phi) is 6.50. The molecule has 11 heteroatoms. The van der Waals surface area contributed by atoms with Crippen molar-refractivity contribution in [1.29, 1.82) is 0 Å². The number of hydrogen-bond acceptors (Lipinski definition) is 3. The van der Waals surface area contributed by atoms with E-state index in [9.17, 15) is 26.7 Å². The lowest BCUT2D eigenvalue weighted by atomic mass is 10.00. The number of piperidine rings is 1. The quantitative estimate of drug-likeness (QED) is 0.326. The fourth-order valence-electron chi connectivity index (χ4n) is 5.91. The molecule has 1 saturated carbocycles. The number of carbonyl (C=O) groups excluding carboxylic acids is 1. The summed E-state index contributed by atoms with van der Waals surface area (Å²) in [6.07, 6.45) is -0.861. The maximum Gasteiger partial charge on any atom is 0.416 e. The van der Waals surface area contributed by atoms with E-state index >= 15 is 0 Å². The van der Waals surface area contributed by atoms with E-state index in [1.807, 2.05) is 17.9 Å². The van der Waals surface area contributed by atoms with Crippen molar-refractivity contribution in [3.05, 3.63) is 76.7 Å². The number of amides is 2. The number of anilines is 2. The number of halogens is 5. The smallest absolute Gasteiger partial charge is 0.369 e. The standard InChI is InChI=1S/C29H30F5N5O/c1-19-5-4-8-24(30)25(19)36-13-9-22(10-14-36)38-17-21-15-37(18-28(31)11-12-28)35-26(21)39(27(38)40)16-20-6-2-3-7-23(20)29(32,33)34/h2-8,15,22H,9-14,16-18H2,1H3. The maximum atomic E-state index is 14.6. The molecule has 2 aliphatic heterocycles. The fourth-order valence-corrected chi connectivity index (χ4v) is 5.91. The Morgan fingerprint density at radius 3 is 2.45 bits per heavy atom. The van der Waals surface area contributed by atoms with Gasteiger partial charge in [0.25, 0.3) is 0 Å². The number of rotatable bonds is 6. The van der Waals surface area contributed by atoms with E-state index in [0.717, 1.165) is 11.6 Å². The number of alkyl halides is 4. The van der Waals surface area contributed by atoms with Gasteiger partial charge in [0, 0.05) is 30.9 Å². The van der Waals surface area contributed by atoms with E-state index in [1.165, 1.54) is 33.8 Å². The van der Waals surface area contributed by atoms with Gasteiger partial charge < -0.3 is 9.80 Å². The lowest BCUT2D eigenvalue weighted by molar-refractivity contribution is -0.138. The number of fused-ring (bicyclic) bond motifs is 1. The largest absolute Gasteiger partial charge is 0.416 e. The molecule has 40 heavy (non-hydrogen) atoms. The van der Waals surface area contributed by atoms with Crippen LogP contribution in [-0.2, 0) is 25.8 Å². The summed E-state index contributed by atoms with van der Waals surface area (Å²) in [5.74, 6) is -0.0257. The van der Waals surface area contributed by atoms with Gasteiger partial charge >= 0.3 is 12.2 Å². The molecule has 1 saturated heterocycles. The number of para-hydroxylation sites is 1. The number of nitrogens with zero attached hydrogens (tertiary/aromatic N) is 5. The minimum absolute atomic E-state index is 0.0419. The minimum Gasteiger partial charge on any atom is -0.369 e. The molecule has 0 radical (unpaired) electrons. The van der Waals surface area contributed by atoms with Crippen LogP contribution in [0.2, 0.25) is 0 Å². The number of aromatic nitrogens is 2. The first-order valence-corrected chi connectivity index (χ1v) is 13.5. The molecule has 0 atom stereocenters. The van der Waals surface area contributed by atoms with Crippen LogP contribution in [0.4, 0.5) is 38.3 Å². The summed E-state index contributed by atoms with van der Waals surface area (Å²) < 4.78 is 72.0. The first-order valence-electron chi connectivity index (χ1n) is 13.5. The minimum atomic E-state index is -4.58. The molecule has 0 N–H and O–H groups in total. The van der Waals surface area contributed by atoms with Crippen molar-refractivity contribution in [2.24, 2.45) is 0 Å². The molecule has 3 aromatic rings. The first-order chi connectivity index (χ1) is 19.0. The molecule has 3 aliphatic rings. The SMILES string of the molecule is Cc1cccc(F)c1N1CCC(N2Cc3cn(CC4(F)CC4)nc3N(Cc3ccccc3C(F)(F)F)C2=O)CC1. The lowest BCUT2D eigenvalue weighted by Crippen LogP contribution is -2.54. The van der Waals surface area contributed by atoms with Crippen molar-refractivity contribution in [2.75, 3.05) is 22.9 Å². The summed E-state index contributed by atoms with van der Waals surface area (Å²) in [6.45, 7) is 2.88. The Morgan fingerprint density at radius 2 is 1.77 bits per heavy atom. The summed E-state index contributed by atoms with van der Waals surface area (Å²) in [6, 6.07) is 9.53. The molecular formula is C29H30F5N5O. The van der Waals surface area contributed by atoms with E-state index < -0.39 is 23.4 Å². The molecule has 3 heterocycles. The molecular weight excluding hydrogens is 529 g/mol. The van der Waals surface area contributed by atoms with Gasteiger partial charge in [0.2, 0.25) is 0 Å². The Labute approximate surface area is 229 Å². The van der Waals surface area contributed by atoms with Crippen LogP contribution in [-0.4, -0.2) is 45.5 Å². The highest BCUT2D eigenvalue weighted by Gasteiger charge is 2.45. The third-order valence-electron chi connectivity index (χ3n) is 8.19. The average Bonchev–Trinajstić information content (AvgIpc) is 3.49. The highest BCUT2D eigenvalue weighted by Crippen LogP contribution is 2.42. The Bertz CT molecular complexity index is 1400. The van der Waals surface area contributed by atoms with E-state index in [2.05, 4.69) is 5.10 Å². The van der Waals surface area contributed by atoms with E-state index in [-0.39, 0.29) is 42.9 Å². The third kappa shape index (κ3) is 5.01. The van der Waals surface area contributed by atoms with Gasteiger partial charge in [0.15, 0.2) is 5.82 Å². The van der Waals surface area contributed by atoms with Crippen molar-refractivity contribution < 1.29 is 26.7 Å². The molecule has 2 amide bonds. The second kappa shape index (κ2) is 9.78. The molecule has 6 nitrogen and oxygen atoms in total. The van der Waals surface area contributed by atoms with Crippen molar-refractivity contribution in [1.82, 2.24) is 14.7 Å². The number of hydrogen-bond donors (Lipinski definition) is 0. The summed E-state index contributed by atoms with van der Waals surface area (Å²) in [7, 11) is 0. The van der Waals surface area contributed by atoms with E-state index in [0.29, 0.717) is 50.0 Å². The normalized spacial score (nSPS) is 19.2. The second-order valence-corrected chi connectivity index (χ2v) is 11.1. The molecule has 1 aromatic heterocycles. The van der Waals surface area contributed by atoms with Gasteiger partial charge in [-0.3, -0.25) is 9.58 Å². The summed E-state index contributed by atoms with van der Waals surface area (Å²) >= 11 is 0. The predicted molar refractivity (Wildman–Crippen MR) is 140 cm³/mol. The molecule has 212 valence electrons. The monoisotopic (exact) mass is 559 g/mol. The second-order valence-electron chi connectivity index (χ2n) is 11.1. The zero-order valence-electron chi connectivity index (χ0n) is 22.1. The van der Waals surface area contributed by atoms with Gasteiger partial charge in [-0.2, -0.15) is 18.3 Å². The molecule has 0 bridgehead atoms. The molecule has 6 rings (SSSR count). The Balaban J connectivity index is 1.28. The number of benzene rings is 2. The van der Waals surface area contributed by atoms with Gasteiger partial charge in [-0.1, -0.05) is 30.3 Å². The van der Waals surface area contributed by atoms with Gasteiger partial charge in [-0.25, -0.2) is 13.6 Å². The zero-order chi connectivity index (χ0) is 28.2. The Morgan fingerprint density at radius 1 is 1.05 bits per heavy atom. The highest BCUT2D eigenvalue weighted by molar-refractivity contribution is 5.94. The van der Waals surface area contributed by atoms with Gasteiger partial charge in [0.1, 0.15) is 11.5 Å². The van der Waals surface area contributed by atoms with Crippen LogP contribution in [0.1, 0.15) is 47.9 Å². The maximum absolute atomic E-state index is 14.6. The third-order valence-corrected chi connectivity index (χ3v) is 8.19. The first kappa shape index (κ1) is 26.6. The number of urea groups is 1. The number of aryl methyl sites for hydroxylation is 1. The van der Waals surface area contributed by atoms with Crippen molar-refractivity contribution >= 4 is 17.5 Å². The molecule has 2 fully saturated rings. The van der Waals surface area contributed by atoms with Crippen LogP contribution >= 0.6 is 0 Å². The topological polar surface area (TPSA) is 44.6 Å². The zero-order valence-corrected chi connectivity index (χ0v) is 22.1. The van der Waals surface area contributed by atoms with E-state index in [4.69, 9.17) is 0 Å². The van der Waals surface area contributed by atoms with Gasteiger partial charge in [-0.05, 0) is 55.9 Å². The van der Waals surface area contributed by atoms with Crippen LogP contribution in [0.25, 0.3) is 0 Å². The van der Waals surface area contributed by atoms with Crippen LogP contribution in [0, 0.1) is 12.7 Å².